The van der Waals surface area contributed by atoms with Gasteiger partial charge in [-0.2, -0.15) is 0 Å². The van der Waals surface area contributed by atoms with Crippen molar-refractivity contribution in [3.05, 3.63) is 57.8 Å². The van der Waals surface area contributed by atoms with E-state index >= 15 is 0 Å². The average molecular weight is 296 g/mol. The van der Waals surface area contributed by atoms with Gasteiger partial charge in [-0.25, -0.2) is 4.39 Å². The summed E-state index contributed by atoms with van der Waals surface area (Å²) in [5, 5.41) is 3.78. The Bertz CT molecular complexity index is 574. The quantitative estimate of drug-likeness (QED) is 0.859. The van der Waals surface area contributed by atoms with Crippen LogP contribution in [-0.2, 0) is 0 Å². The van der Waals surface area contributed by atoms with Gasteiger partial charge >= 0.3 is 0 Å². The van der Waals surface area contributed by atoms with Crippen LogP contribution >= 0.6 is 11.6 Å². The molecule has 0 aliphatic rings. The van der Waals surface area contributed by atoms with E-state index < -0.39 is 0 Å². The molecule has 1 aromatic heterocycles. The van der Waals surface area contributed by atoms with E-state index in [2.05, 4.69) is 12.2 Å². The van der Waals surface area contributed by atoms with Crippen molar-refractivity contribution < 1.29 is 8.81 Å². The zero-order valence-corrected chi connectivity index (χ0v) is 12.7. The minimum atomic E-state index is -0.302. The zero-order valence-electron chi connectivity index (χ0n) is 12.0. The van der Waals surface area contributed by atoms with E-state index in [1.165, 1.54) is 6.07 Å². The number of halogens is 2. The summed E-state index contributed by atoms with van der Waals surface area (Å²) in [4.78, 5) is 0. The Kier molecular flexibility index (Phi) is 4.84. The molecule has 0 radical (unpaired) electrons. The highest BCUT2D eigenvalue weighted by molar-refractivity contribution is 6.31. The van der Waals surface area contributed by atoms with Gasteiger partial charge in [-0.3, -0.25) is 0 Å². The van der Waals surface area contributed by atoms with Crippen LogP contribution in [0, 0.1) is 19.7 Å². The second-order valence-electron chi connectivity index (χ2n) is 4.89. The molecule has 2 nitrogen and oxygen atoms in total. The van der Waals surface area contributed by atoms with Crippen LogP contribution in [0.1, 0.15) is 42.0 Å². The number of aryl methyl sites for hydroxylation is 2. The molecule has 1 N–H and O–H groups in total. The summed E-state index contributed by atoms with van der Waals surface area (Å²) < 4.78 is 19.8. The number of benzene rings is 1. The van der Waals surface area contributed by atoms with Crippen molar-refractivity contribution in [3.63, 3.8) is 0 Å². The van der Waals surface area contributed by atoms with Gasteiger partial charge in [0, 0.05) is 16.1 Å². The van der Waals surface area contributed by atoms with Crippen LogP contribution in [0.4, 0.5) is 4.39 Å². The second kappa shape index (κ2) is 6.42. The molecule has 0 aliphatic heterocycles. The zero-order chi connectivity index (χ0) is 14.7. The van der Waals surface area contributed by atoms with E-state index in [9.17, 15) is 4.39 Å². The van der Waals surface area contributed by atoms with Gasteiger partial charge in [0.25, 0.3) is 0 Å². The highest BCUT2D eigenvalue weighted by atomic mass is 35.5. The maximum atomic E-state index is 14.2. The first-order valence-corrected chi connectivity index (χ1v) is 7.16. The minimum absolute atomic E-state index is 0.291. The number of nitrogens with one attached hydrogen (secondary N) is 1. The molecule has 0 fully saturated rings. The summed E-state index contributed by atoms with van der Waals surface area (Å²) in [6.07, 6.45) is 0.957. The predicted molar refractivity (Wildman–Crippen MR) is 79.7 cm³/mol. The Morgan fingerprint density at radius 1 is 1.35 bits per heavy atom. The van der Waals surface area contributed by atoms with Crippen molar-refractivity contribution in [2.75, 3.05) is 6.54 Å². The average Bonchev–Trinajstić information content (AvgIpc) is 2.72. The van der Waals surface area contributed by atoms with Crippen LogP contribution in [0.2, 0.25) is 5.02 Å². The van der Waals surface area contributed by atoms with Crippen molar-refractivity contribution in [2.45, 2.75) is 33.2 Å². The third-order valence-electron chi connectivity index (χ3n) is 3.28. The molecule has 0 amide bonds. The Hall–Kier alpha value is -1.32. The summed E-state index contributed by atoms with van der Waals surface area (Å²) in [5.41, 5.74) is 1.41. The fourth-order valence-electron chi connectivity index (χ4n) is 2.38. The smallest absolute Gasteiger partial charge is 0.129 e. The van der Waals surface area contributed by atoms with Gasteiger partial charge in [-0.1, -0.05) is 24.6 Å². The van der Waals surface area contributed by atoms with Crippen LogP contribution in [0.25, 0.3) is 0 Å². The van der Waals surface area contributed by atoms with E-state index in [-0.39, 0.29) is 11.9 Å². The Morgan fingerprint density at radius 2 is 2.10 bits per heavy atom. The molecule has 2 rings (SSSR count). The van der Waals surface area contributed by atoms with E-state index in [0.717, 1.165) is 30.0 Å². The van der Waals surface area contributed by atoms with Crippen molar-refractivity contribution in [3.8, 4) is 0 Å². The molecular weight excluding hydrogens is 277 g/mol. The molecule has 0 bridgehead atoms. The minimum Gasteiger partial charge on any atom is -0.466 e. The van der Waals surface area contributed by atoms with Gasteiger partial charge in [0.1, 0.15) is 17.3 Å². The standard InChI is InChI=1S/C16H19ClFNO/c1-4-8-19-16(12-9-10(2)20-11(12)3)15-13(17)6-5-7-14(15)18/h5-7,9,16,19H,4,8H2,1-3H3. The van der Waals surface area contributed by atoms with Crippen molar-refractivity contribution >= 4 is 11.6 Å². The molecule has 1 heterocycles. The molecule has 1 atom stereocenters. The fraction of sp³-hybridized carbons (Fsp3) is 0.375. The molecule has 108 valence electrons. The van der Waals surface area contributed by atoms with Gasteiger partial charge in [-0.15, -0.1) is 0 Å². The number of hydrogen-bond donors (Lipinski definition) is 1. The molecule has 0 aliphatic carbocycles. The summed E-state index contributed by atoms with van der Waals surface area (Å²) in [6, 6.07) is 6.41. The molecule has 2 aromatic rings. The second-order valence-corrected chi connectivity index (χ2v) is 5.30. The van der Waals surface area contributed by atoms with Gasteiger partial charge < -0.3 is 9.73 Å². The van der Waals surface area contributed by atoms with Crippen molar-refractivity contribution in [1.29, 1.82) is 0 Å². The van der Waals surface area contributed by atoms with Crippen molar-refractivity contribution in [2.24, 2.45) is 0 Å². The monoisotopic (exact) mass is 295 g/mol. The Labute approximate surface area is 123 Å². The summed E-state index contributed by atoms with van der Waals surface area (Å²) in [7, 11) is 0. The normalized spacial score (nSPS) is 12.7. The van der Waals surface area contributed by atoms with Gasteiger partial charge in [-0.05, 0) is 45.0 Å². The van der Waals surface area contributed by atoms with Crippen LogP contribution in [0.5, 0.6) is 0 Å². The topological polar surface area (TPSA) is 25.2 Å². The first-order valence-electron chi connectivity index (χ1n) is 6.78. The maximum absolute atomic E-state index is 14.2. The fourth-order valence-corrected chi connectivity index (χ4v) is 2.65. The highest BCUT2D eigenvalue weighted by Crippen LogP contribution is 2.33. The Balaban J connectivity index is 2.50. The predicted octanol–water partition coefficient (Wildman–Crippen LogP) is 4.78. The first kappa shape index (κ1) is 15.1. The molecule has 0 saturated heterocycles. The van der Waals surface area contributed by atoms with E-state index in [0.29, 0.717) is 10.6 Å². The highest BCUT2D eigenvalue weighted by Gasteiger charge is 2.23. The number of rotatable bonds is 5. The maximum Gasteiger partial charge on any atom is 0.129 e. The van der Waals surface area contributed by atoms with E-state index in [1.807, 2.05) is 19.9 Å². The molecule has 0 spiro atoms. The lowest BCUT2D eigenvalue weighted by Crippen LogP contribution is -2.24. The molecule has 1 unspecified atom stereocenters. The lowest BCUT2D eigenvalue weighted by Gasteiger charge is -2.20. The third kappa shape index (κ3) is 3.05. The van der Waals surface area contributed by atoms with Gasteiger partial charge in [0.15, 0.2) is 0 Å². The van der Waals surface area contributed by atoms with Gasteiger partial charge in [0.05, 0.1) is 6.04 Å². The van der Waals surface area contributed by atoms with E-state index in [4.69, 9.17) is 16.0 Å². The molecule has 1 aromatic carbocycles. The third-order valence-corrected chi connectivity index (χ3v) is 3.61. The van der Waals surface area contributed by atoms with Crippen LogP contribution in [0.3, 0.4) is 0 Å². The van der Waals surface area contributed by atoms with Crippen LogP contribution < -0.4 is 5.32 Å². The molecular formula is C16H19ClFNO. The molecule has 0 saturated carbocycles. The number of furan rings is 1. The van der Waals surface area contributed by atoms with Crippen LogP contribution in [0.15, 0.2) is 28.7 Å². The van der Waals surface area contributed by atoms with Crippen LogP contribution in [-0.4, -0.2) is 6.54 Å². The summed E-state index contributed by atoms with van der Waals surface area (Å²) >= 11 is 6.20. The largest absolute Gasteiger partial charge is 0.466 e. The SMILES string of the molecule is CCCNC(c1cc(C)oc1C)c1c(F)cccc1Cl. The lowest BCUT2D eigenvalue weighted by atomic mass is 9.98. The van der Waals surface area contributed by atoms with E-state index in [1.54, 1.807) is 12.1 Å². The molecule has 4 heteroatoms. The molecule has 20 heavy (non-hydrogen) atoms. The summed E-state index contributed by atoms with van der Waals surface area (Å²) in [5.74, 6) is 1.30. The van der Waals surface area contributed by atoms with Crippen molar-refractivity contribution in [1.82, 2.24) is 5.32 Å². The number of hydrogen-bond acceptors (Lipinski definition) is 2. The first-order chi connectivity index (χ1) is 9.54. The lowest BCUT2D eigenvalue weighted by molar-refractivity contribution is 0.490. The Morgan fingerprint density at radius 3 is 2.65 bits per heavy atom. The van der Waals surface area contributed by atoms with Gasteiger partial charge in [0.2, 0.25) is 0 Å². The summed E-state index contributed by atoms with van der Waals surface area (Å²) in [6.45, 7) is 6.62.